The van der Waals surface area contributed by atoms with Gasteiger partial charge in [-0.1, -0.05) is 66.2 Å². The van der Waals surface area contributed by atoms with Crippen molar-refractivity contribution in [1.29, 1.82) is 0 Å². The lowest BCUT2D eigenvalue weighted by Gasteiger charge is -2.12. The van der Waals surface area contributed by atoms with Crippen LogP contribution < -0.4 is 10.7 Å². The first kappa shape index (κ1) is 17.5. The second kappa shape index (κ2) is 7.35. The minimum Gasteiger partial charge on any atom is -0.313 e. The van der Waals surface area contributed by atoms with E-state index in [4.69, 9.17) is 11.6 Å². The molecule has 4 aromatic rings. The lowest BCUT2D eigenvalue weighted by Crippen LogP contribution is -2.16. The Morgan fingerprint density at radius 3 is 2.30 bits per heavy atom. The standard InChI is InChI=1S/C22H14ClNO2S/c23-17-12-6-4-10-15(17)21(26)24-22-19(14-8-2-1-3-9-14)20(25)16-11-5-7-13-18(16)27-22/h1-13H,(H,24,26). The fourth-order valence-electron chi connectivity index (χ4n) is 2.91. The summed E-state index contributed by atoms with van der Waals surface area (Å²) in [6.07, 6.45) is 0. The van der Waals surface area contributed by atoms with E-state index in [1.807, 2.05) is 48.5 Å². The molecular formula is C22H14ClNO2S. The molecule has 0 aliphatic heterocycles. The zero-order valence-electron chi connectivity index (χ0n) is 14.1. The Morgan fingerprint density at radius 2 is 1.52 bits per heavy atom. The lowest BCUT2D eigenvalue weighted by atomic mass is 10.1. The summed E-state index contributed by atoms with van der Waals surface area (Å²) in [5, 5.41) is 4.40. The number of benzene rings is 3. The number of carbonyl (C=O) groups is 1. The molecule has 1 heterocycles. The molecule has 4 rings (SSSR count). The first-order valence-corrected chi connectivity index (χ1v) is 9.52. The van der Waals surface area contributed by atoms with Crippen LogP contribution in [0.3, 0.4) is 0 Å². The van der Waals surface area contributed by atoms with Crippen molar-refractivity contribution in [1.82, 2.24) is 0 Å². The number of anilines is 1. The van der Waals surface area contributed by atoms with Crippen LogP contribution in [0.25, 0.3) is 21.2 Å². The third-order valence-electron chi connectivity index (χ3n) is 4.21. The molecule has 0 spiro atoms. The molecule has 0 saturated heterocycles. The molecule has 0 unspecified atom stereocenters. The molecule has 27 heavy (non-hydrogen) atoms. The lowest BCUT2D eigenvalue weighted by molar-refractivity contribution is 0.102. The van der Waals surface area contributed by atoms with E-state index >= 15 is 0 Å². The molecule has 0 fully saturated rings. The maximum atomic E-state index is 13.2. The van der Waals surface area contributed by atoms with Crippen LogP contribution in [-0.2, 0) is 0 Å². The van der Waals surface area contributed by atoms with Gasteiger partial charge in [0.05, 0.1) is 16.1 Å². The fourth-order valence-corrected chi connectivity index (χ4v) is 4.23. The van der Waals surface area contributed by atoms with Gasteiger partial charge in [-0.05, 0) is 29.8 Å². The van der Waals surface area contributed by atoms with Crippen LogP contribution in [0, 0.1) is 0 Å². The molecule has 132 valence electrons. The minimum absolute atomic E-state index is 0.106. The normalized spacial score (nSPS) is 10.7. The van der Waals surface area contributed by atoms with Crippen LogP contribution in [0.2, 0.25) is 5.02 Å². The molecule has 1 N–H and O–H groups in total. The van der Waals surface area contributed by atoms with E-state index in [0.717, 1.165) is 10.3 Å². The van der Waals surface area contributed by atoms with Crippen molar-refractivity contribution in [3.8, 4) is 11.1 Å². The average Bonchev–Trinajstić information content (AvgIpc) is 2.69. The first-order chi connectivity index (χ1) is 13.1. The van der Waals surface area contributed by atoms with Gasteiger partial charge in [0.25, 0.3) is 5.91 Å². The highest BCUT2D eigenvalue weighted by Gasteiger charge is 2.18. The van der Waals surface area contributed by atoms with Gasteiger partial charge >= 0.3 is 0 Å². The number of halogens is 1. The number of nitrogens with one attached hydrogen (secondary N) is 1. The van der Waals surface area contributed by atoms with Crippen molar-refractivity contribution in [3.05, 3.63) is 99.7 Å². The molecular weight excluding hydrogens is 378 g/mol. The Bertz CT molecular complexity index is 1200. The average molecular weight is 392 g/mol. The summed E-state index contributed by atoms with van der Waals surface area (Å²) in [7, 11) is 0. The highest BCUT2D eigenvalue weighted by Crippen LogP contribution is 2.33. The van der Waals surface area contributed by atoms with E-state index in [2.05, 4.69) is 5.32 Å². The smallest absolute Gasteiger partial charge is 0.257 e. The fraction of sp³-hybridized carbons (Fsp3) is 0. The van der Waals surface area contributed by atoms with Gasteiger partial charge in [-0.3, -0.25) is 9.59 Å². The molecule has 0 radical (unpaired) electrons. The number of fused-ring (bicyclic) bond motifs is 1. The minimum atomic E-state index is -0.344. The van der Waals surface area contributed by atoms with Gasteiger partial charge in [-0.15, -0.1) is 11.3 Å². The molecule has 5 heteroatoms. The van der Waals surface area contributed by atoms with Crippen LogP contribution in [0.4, 0.5) is 5.00 Å². The van der Waals surface area contributed by atoms with Crippen LogP contribution in [0.15, 0.2) is 83.7 Å². The molecule has 0 aliphatic carbocycles. The quantitative estimate of drug-likeness (QED) is 0.477. The molecule has 1 aromatic heterocycles. The van der Waals surface area contributed by atoms with Crippen molar-refractivity contribution < 1.29 is 4.79 Å². The predicted octanol–water partition coefficient (Wildman–Crippen LogP) is 5.83. The molecule has 3 aromatic carbocycles. The van der Waals surface area contributed by atoms with E-state index in [1.165, 1.54) is 11.3 Å². The topological polar surface area (TPSA) is 46.2 Å². The maximum absolute atomic E-state index is 13.2. The van der Waals surface area contributed by atoms with Crippen molar-refractivity contribution in [3.63, 3.8) is 0 Å². The maximum Gasteiger partial charge on any atom is 0.257 e. The summed E-state index contributed by atoms with van der Waals surface area (Å²) in [5.74, 6) is -0.344. The first-order valence-electron chi connectivity index (χ1n) is 8.32. The van der Waals surface area contributed by atoms with Gasteiger partial charge in [0.2, 0.25) is 0 Å². The number of rotatable bonds is 3. The molecule has 0 atom stereocenters. The van der Waals surface area contributed by atoms with Crippen LogP contribution >= 0.6 is 22.9 Å². The second-order valence-corrected chi connectivity index (χ2v) is 7.39. The zero-order valence-corrected chi connectivity index (χ0v) is 15.7. The van der Waals surface area contributed by atoms with Crippen molar-refractivity contribution in [2.45, 2.75) is 0 Å². The summed E-state index contributed by atoms with van der Waals surface area (Å²) < 4.78 is 0.816. The molecule has 1 amide bonds. The Balaban J connectivity index is 1.90. The Morgan fingerprint density at radius 1 is 0.852 bits per heavy atom. The van der Waals surface area contributed by atoms with E-state index in [1.54, 1.807) is 30.3 Å². The van der Waals surface area contributed by atoms with Crippen molar-refractivity contribution >= 4 is 43.9 Å². The molecule has 0 bridgehead atoms. The summed E-state index contributed by atoms with van der Waals surface area (Å²) in [5.41, 5.74) is 1.51. The third-order valence-corrected chi connectivity index (χ3v) is 5.62. The molecule has 0 saturated carbocycles. The summed E-state index contributed by atoms with van der Waals surface area (Å²) >= 11 is 7.53. The van der Waals surface area contributed by atoms with E-state index in [9.17, 15) is 9.59 Å². The monoisotopic (exact) mass is 391 g/mol. The van der Waals surface area contributed by atoms with Gasteiger partial charge < -0.3 is 5.32 Å². The van der Waals surface area contributed by atoms with Crippen molar-refractivity contribution in [2.24, 2.45) is 0 Å². The highest BCUT2D eigenvalue weighted by molar-refractivity contribution is 7.22. The van der Waals surface area contributed by atoms with Gasteiger partial charge in [-0.2, -0.15) is 0 Å². The highest BCUT2D eigenvalue weighted by atomic mass is 35.5. The number of hydrogen-bond donors (Lipinski definition) is 1. The second-order valence-electron chi connectivity index (χ2n) is 5.93. The zero-order chi connectivity index (χ0) is 18.8. The van der Waals surface area contributed by atoms with Gasteiger partial charge in [-0.25, -0.2) is 0 Å². The number of carbonyl (C=O) groups excluding carboxylic acids is 1. The van der Waals surface area contributed by atoms with Crippen molar-refractivity contribution in [2.75, 3.05) is 5.32 Å². The SMILES string of the molecule is O=C(Nc1sc2ccccc2c(=O)c1-c1ccccc1)c1ccccc1Cl. The summed E-state index contributed by atoms with van der Waals surface area (Å²) in [6, 6.07) is 23.6. The number of amides is 1. The molecule has 3 nitrogen and oxygen atoms in total. The van der Waals surface area contributed by atoms with E-state index < -0.39 is 0 Å². The summed E-state index contributed by atoms with van der Waals surface area (Å²) in [6.45, 7) is 0. The largest absolute Gasteiger partial charge is 0.313 e. The van der Waals surface area contributed by atoms with Crippen LogP contribution in [0.1, 0.15) is 10.4 Å². The Labute approximate surface area is 164 Å². The Kier molecular flexibility index (Phi) is 4.75. The van der Waals surface area contributed by atoms with E-state index in [0.29, 0.717) is 26.5 Å². The predicted molar refractivity (Wildman–Crippen MR) is 113 cm³/mol. The van der Waals surface area contributed by atoms with Gasteiger partial charge in [0.15, 0.2) is 5.43 Å². The van der Waals surface area contributed by atoms with Gasteiger partial charge in [0.1, 0.15) is 5.00 Å². The van der Waals surface area contributed by atoms with Gasteiger partial charge in [0, 0.05) is 10.1 Å². The molecule has 0 aliphatic rings. The van der Waals surface area contributed by atoms with E-state index in [-0.39, 0.29) is 11.3 Å². The van der Waals surface area contributed by atoms with Crippen LogP contribution in [0.5, 0.6) is 0 Å². The summed E-state index contributed by atoms with van der Waals surface area (Å²) in [4.78, 5) is 25.9. The van der Waals surface area contributed by atoms with Crippen LogP contribution in [-0.4, -0.2) is 5.91 Å². The number of hydrogen-bond acceptors (Lipinski definition) is 3. The third kappa shape index (κ3) is 3.37. The Hall–Kier alpha value is -2.95.